The van der Waals surface area contributed by atoms with Gasteiger partial charge in [0.05, 0.1) is 0 Å². The summed E-state index contributed by atoms with van der Waals surface area (Å²) in [6.07, 6.45) is 10.3. The van der Waals surface area contributed by atoms with Gasteiger partial charge in [0, 0.05) is 50.0 Å². The summed E-state index contributed by atoms with van der Waals surface area (Å²) in [6.45, 7) is 7.09. The molecule has 0 aliphatic carbocycles. The standard InChI is InChI=1S/C22H28N6/c1-18-23-9-12-28(18)17-20-7-10-27(11-8-20)16-21-14-25-22(26-15-21)24-13-19-5-3-2-4-6-19/h2-6,9,12,14-15,20H,7-8,10-11,13,16-17H2,1H3,(H,24,25,26). The van der Waals surface area contributed by atoms with Crippen molar-refractivity contribution in [3.8, 4) is 0 Å². The average Bonchev–Trinajstić information content (AvgIpc) is 3.14. The molecule has 1 aromatic carbocycles. The molecule has 0 bridgehead atoms. The van der Waals surface area contributed by atoms with Gasteiger partial charge in [-0.1, -0.05) is 30.3 Å². The van der Waals surface area contributed by atoms with Crippen LogP contribution in [0.5, 0.6) is 0 Å². The zero-order valence-corrected chi connectivity index (χ0v) is 16.5. The monoisotopic (exact) mass is 376 g/mol. The molecule has 0 radical (unpaired) electrons. The molecular weight excluding hydrogens is 348 g/mol. The van der Waals surface area contributed by atoms with Crippen LogP contribution in [0, 0.1) is 12.8 Å². The molecule has 0 saturated carbocycles. The molecular formula is C22H28N6. The second kappa shape index (κ2) is 8.97. The summed E-state index contributed by atoms with van der Waals surface area (Å²) >= 11 is 0. The fourth-order valence-electron chi connectivity index (χ4n) is 3.76. The Bertz CT molecular complexity index is 850. The van der Waals surface area contributed by atoms with Gasteiger partial charge in [-0.3, -0.25) is 4.90 Å². The van der Waals surface area contributed by atoms with Crippen LogP contribution in [0.2, 0.25) is 0 Å². The van der Waals surface area contributed by atoms with Gasteiger partial charge in [0.2, 0.25) is 5.95 Å². The van der Waals surface area contributed by atoms with Crippen molar-refractivity contribution in [3.05, 3.63) is 72.1 Å². The molecule has 0 unspecified atom stereocenters. The average molecular weight is 377 g/mol. The molecule has 1 N–H and O–H groups in total. The Labute approximate surface area is 166 Å². The van der Waals surface area contributed by atoms with Crippen LogP contribution in [0.15, 0.2) is 55.1 Å². The summed E-state index contributed by atoms with van der Waals surface area (Å²) in [5, 5.41) is 3.28. The highest BCUT2D eigenvalue weighted by Gasteiger charge is 2.20. The highest BCUT2D eigenvalue weighted by molar-refractivity contribution is 5.27. The summed E-state index contributed by atoms with van der Waals surface area (Å²) in [4.78, 5) is 15.8. The fraction of sp³-hybridized carbons (Fsp3) is 0.409. The van der Waals surface area contributed by atoms with Crippen LogP contribution < -0.4 is 5.32 Å². The van der Waals surface area contributed by atoms with E-state index in [-0.39, 0.29) is 0 Å². The molecule has 146 valence electrons. The van der Waals surface area contributed by atoms with Gasteiger partial charge in [0.1, 0.15) is 5.82 Å². The van der Waals surface area contributed by atoms with Gasteiger partial charge in [0.15, 0.2) is 0 Å². The van der Waals surface area contributed by atoms with E-state index in [1.165, 1.54) is 24.0 Å². The van der Waals surface area contributed by atoms with Crippen LogP contribution >= 0.6 is 0 Å². The van der Waals surface area contributed by atoms with Crippen LogP contribution in [0.4, 0.5) is 5.95 Å². The Morgan fingerprint density at radius 2 is 1.75 bits per heavy atom. The zero-order valence-electron chi connectivity index (χ0n) is 16.5. The number of anilines is 1. The van der Waals surface area contributed by atoms with Crippen LogP contribution in [-0.2, 0) is 19.6 Å². The van der Waals surface area contributed by atoms with Gasteiger partial charge in [-0.15, -0.1) is 0 Å². The molecule has 4 rings (SSSR count). The highest BCUT2D eigenvalue weighted by atomic mass is 15.1. The summed E-state index contributed by atoms with van der Waals surface area (Å²) in [6, 6.07) is 10.3. The van der Waals surface area contributed by atoms with Crippen molar-refractivity contribution in [3.63, 3.8) is 0 Å². The first kappa shape index (κ1) is 18.6. The molecule has 0 spiro atoms. The summed E-state index contributed by atoms with van der Waals surface area (Å²) in [5.41, 5.74) is 2.40. The van der Waals surface area contributed by atoms with Crippen molar-refractivity contribution in [2.45, 2.75) is 39.4 Å². The molecule has 6 nitrogen and oxygen atoms in total. The Hall–Kier alpha value is -2.73. The summed E-state index contributed by atoms with van der Waals surface area (Å²) in [7, 11) is 0. The van der Waals surface area contributed by atoms with Crippen molar-refractivity contribution in [2.24, 2.45) is 5.92 Å². The van der Waals surface area contributed by atoms with Crippen molar-refractivity contribution in [2.75, 3.05) is 18.4 Å². The Balaban J connectivity index is 1.22. The van der Waals surface area contributed by atoms with E-state index >= 15 is 0 Å². The minimum Gasteiger partial charge on any atom is -0.350 e. The Morgan fingerprint density at radius 3 is 2.43 bits per heavy atom. The molecule has 3 heterocycles. The molecule has 3 aromatic rings. The second-order valence-corrected chi connectivity index (χ2v) is 7.60. The van der Waals surface area contributed by atoms with Crippen LogP contribution in [0.1, 0.15) is 29.8 Å². The van der Waals surface area contributed by atoms with Gasteiger partial charge in [0.25, 0.3) is 0 Å². The van der Waals surface area contributed by atoms with Crippen molar-refractivity contribution < 1.29 is 0 Å². The van der Waals surface area contributed by atoms with Gasteiger partial charge >= 0.3 is 0 Å². The molecule has 0 atom stereocenters. The van der Waals surface area contributed by atoms with E-state index in [4.69, 9.17) is 0 Å². The number of aryl methyl sites for hydroxylation is 1. The zero-order chi connectivity index (χ0) is 19.2. The lowest BCUT2D eigenvalue weighted by molar-refractivity contribution is 0.166. The van der Waals surface area contributed by atoms with Crippen molar-refractivity contribution >= 4 is 5.95 Å². The number of aromatic nitrogens is 4. The molecule has 28 heavy (non-hydrogen) atoms. The third kappa shape index (κ3) is 4.95. The molecule has 1 saturated heterocycles. The number of hydrogen-bond donors (Lipinski definition) is 1. The Kier molecular flexibility index (Phi) is 5.97. The summed E-state index contributed by atoms with van der Waals surface area (Å²) < 4.78 is 2.27. The second-order valence-electron chi connectivity index (χ2n) is 7.60. The van der Waals surface area contributed by atoms with Gasteiger partial charge < -0.3 is 9.88 Å². The van der Waals surface area contributed by atoms with E-state index in [1.807, 2.05) is 36.8 Å². The fourth-order valence-corrected chi connectivity index (χ4v) is 3.76. The minimum absolute atomic E-state index is 0.682. The lowest BCUT2D eigenvalue weighted by Gasteiger charge is -2.32. The maximum atomic E-state index is 4.47. The van der Waals surface area contributed by atoms with E-state index < -0.39 is 0 Å². The molecule has 6 heteroatoms. The first-order chi connectivity index (χ1) is 13.8. The van der Waals surface area contributed by atoms with Crippen LogP contribution in [0.3, 0.4) is 0 Å². The number of piperidine rings is 1. The number of imidazole rings is 1. The lowest BCUT2D eigenvalue weighted by atomic mass is 9.96. The number of rotatable bonds is 7. The molecule has 1 fully saturated rings. The van der Waals surface area contributed by atoms with Gasteiger partial charge in [-0.05, 0) is 44.3 Å². The van der Waals surface area contributed by atoms with Crippen LogP contribution in [0.25, 0.3) is 0 Å². The van der Waals surface area contributed by atoms with E-state index in [2.05, 4.69) is 55.0 Å². The number of nitrogens with one attached hydrogen (secondary N) is 1. The van der Waals surface area contributed by atoms with E-state index in [9.17, 15) is 0 Å². The number of likely N-dealkylation sites (tertiary alicyclic amines) is 1. The lowest BCUT2D eigenvalue weighted by Crippen LogP contribution is -2.34. The molecule has 1 aliphatic heterocycles. The molecule has 1 aliphatic rings. The predicted octanol–water partition coefficient (Wildman–Crippen LogP) is 3.51. The first-order valence-electron chi connectivity index (χ1n) is 10.0. The first-order valence-corrected chi connectivity index (χ1v) is 10.0. The number of benzene rings is 1. The number of hydrogen-bond acceptors (Lipinski definition) is 5. The summed E-state index contributed by atoms with van der Waals surface area (Å²) in [5.74, 6) is 2.53. The quantitative estimate of drug-likeness (QED) is 0.684. The minimum atomic E-state index is 0.682. The van der Waals surface area contributed by atoms with E-state index in [0.29, 0.717) is 5.95 Å². The van der Waals surface area contributed by atoms with Crippen molar-refractivity contribution in [1.82, 2.24) is 24.4 Å². The SMILES string of the molecule is Cc1nccn1CC1CCN(Cc2cnc(NCc3ccccc3)nc2)CC1. The third-order valence-electron chi connectivity index (χ3n) is 5.49. The molecule has 0 amide bonds. The predicted molar refractivity (Wildman–Crippen MR) is 111 cm³/mol. The largest absolute Gasteiger partial charge is 0.350 e. The topological polar surface area (TPSA) is 58.9 Å². The maximum Gasteiger partial charge on any atom is 0.222 e. The Morgan fingerprint density at radius 1 is 1.00 bits per heavy atom. The van der Waals surface area contributed by atoms with E-state index in [0.717, 1.165) is 44.5 Å². The van der Waals surface area contributed by atoms with Gasteiger partial charge in [-0.25, -0.2) is 15.0 Å². The number of nitrogens with zero attached hydrogens (tertiary/aromatic N) is 5. The van der Waals surface area contributed by atoms with Crippen molar-refractivity contribution in [1.29, 1.82) is 0 Å². The van der Waals surface area contributed by atoms with Crippen LogP contribution in [-0.4, -0.2) is 37.5 Å². The van der Waals surface area contributed by atoms with E-state index in [1.54, 1.807) is 0 Å². The smallest absolute Gasteiger partial charge is 0.222 e. The molecule has 2 aromatic heterocycles. The normalized spacial score (nSPS) is 15.6. The third-order valence-corrected chi connectivity index (χ3v) is 5.49. The van der Waals surface area contributed by atoms with Gasteiger partial charge in [-0.2, -0.15) is 0 Å². The highest BCUT2D eigenvalue weighted by Crippen LogP contribution is 2.21. The maximum absolute atomic E-state index is 4.47.